The van der Waals surface area contributed by atoms with Crippen LogP contribution in [0.3, 0.4) is 0 Å². The summed E-state index contributed by atoms with van der Waals surface area (Å²) in [5, 5.41) is 27.9. The zero-order chi connectivity index (χ0) is 21.2. The highest BCUT2D eigenvalue weighted by atomic mass is 16.5. The summed E-state index contributed by atoms with van der Waals surface area (Å²) < 4.78 is 0. The van der Waals surface area contributed by atoms with Gasteiger partial charge in [0.05, 0.1) is 0 Å². The molecule has 1 saturated carbocycles. The van der Waals surface area contributed by atoms with Gasteiger partial charge < -0.3 is 15.3 Å². The number of hydrogen-bond acceptors (Lipinski definition) is 4. The van der Waals surface area contributed by atoms with E-state index >= 15 is 0 Å². The maximum atomic E-state index is 12.2. The van der Waals surface area contributed by atoms with Crippen molar-refractivity contribution in [1.29, 1.82) is 0 Å². The molecule has 0 aliphatic heterocycles. The van der Waals surface area contributed by atoms with Gasteiger partial charge in [0, 0.05) is 18.3 Å². The van der Waals surface area contributed by atoms with Gasteiger partial charge in [0.2, 0.25) is 0 Å². The SMILES string of the molecule is C=C[C@@H](C/C=C/[C@H]1CCC(=O)[C@@H]1C/C=C\CC(C)C(O)(O)C(=O)O)CCCC. The molecule has 1 fully saturated rings. The minimum atomic E-state index is -2.74. The molecule has 0 bridgehead atoms. The van der Waals surface area contributed by atoms with Crippen molar-refractivity contribution in [3.8, 4) is 0 Å². The monoisotopic (exact) mass is 392 g/mol. The summed E-state index contributed by atoms with van der Waals surface area (Å²) in [6.07, 6.45) is 16.7. The number of carbonyl (C=O) groups excluding carboxylic acids is 1. The highest BCUT2D eigenvalue weighted by Gasteiger charge is 2.38. The summed E-state index contributed by atoms with van der Waals surface area (Å²) in [6.45, 7) is 7.57. The average molecular weight is 393 g/mol. The van der Waals surface area contributed by atoms with Gasteiger partial charge in [-0.2, -0.15) is 0 Å². The van der Waals surface area contributed by atoms with E-state index in [0.717, 1.165) is 19.3 Å². The third-order valence-corrected chi connectivity index (χ3v) is 5.79. The first-order valence-electron chi connectivity index (χ1n) is 10.4. The predicted molar refractivity (Wildman–Crippen MR) is 111 cm³/mol. The molecule has 28 heavy (non-hydrogen) atoms. The van der Waals surface area contributed by atoms with Crippen molar-refractivity contribution in [2.75, 3.05) is 0 Å². The number of ketones is 1. The zero-order valence-electron chi connectivity index (χ0n) is 17.2. The zero-order valence-corrected chi connectivity index (χ0v) is 17.2. The summed E-state index contributed by atoms with van der Waals surface area (Å²) in [5.41, 5.74) is 0. The molecule has 1 unspecified atom stereocenters. The van der Waals surface area contributed by atoms with Crippen LogP contribution in [0.5, 0.6) is 0 Å². The second kappa shape index (κ2) is 12.0. The van der Waals surface area contributed by atoms with Crippen molar-refractivity contribution in [2.24, 2.45) is 23.7 Å². The molecule has 0 heterocycles. The number of Topliss-reactive ketones (excluding diaryl/α,β-unsaturated/α-hetero) is 1. The van der Waals surface area contributed by atoms with Gasteiger partial charge in [0.25, 0.3) is 5.79 Å². The van der Waals surface area contributed by atoms with Crippen LogP contribution in [0.15, 0.2) is 37.0 Å². The van der Waals surface area contributed by atoms with Gasteiger partial charge in [-0.3, -0.25) is 4.79 Å². The third-order valence-electron chi connectivity index (χ3n) is 5.79. The Morgan fingerprint density at radius 1 is 1.29 bits per heavy atom. The Hall–Kier alpha value is -1.72. The second-order valence-corrected chi connectivity index (χ2v) is 7.95. The van der Waals surface area contributed by atoms with Gasteiger partial charge in [-0.05, 0) is 43.9 Å². The van der Waals surface area contributed by atoms with Crippen LogP contribution in [0.25, 0.3) is 0 Å². The number of allylic oxidation sites excluding steroid dienone is 5. The van der Waals surface area contributed by atoms with E-state index in [1.807, 2.05) is 12.2 Å². The first kappa shape index (κ1) is 24.3. The van der Waals surface area contributed by atoms with Gasteiger partial charge in [-0.15, -0.1) is 6.58 Å². The Kier molecular flexibility index (Phi) is 10.4. The van der Waals surface area contributed by atoms with Gasteiger partial charge in [0.1, 0.15) is 5.78 Å². The van der Waals surface area contributed by atoms with Crippen molar-refractivity contribution in [1.82, 2.24) is 0 Å². The molecule has 0 amide bonds. The summed E-state index contributed by atoms with van der Waals surface area (Å²) in [4.78, 5) is 23.1. The lowest BCUT2D eigenvalue weighted by Crippen LogP contribution is -2.44. The summed E-state index contributed by atoms with van der Waals surface area (Å²) in [7, 11) is 0. The van der Waals surface area contributed by atoms with Crippen LogP contribution in [-0.4, -0.2) is 32.9 Å². The molecule has 3 N–H and O–H groups in total. The molecule has 0 aromatic rings. The quantitative estimate of drug-likeness (QED) is 0.322. The normalized spacial score (nSPS) is 22.8. The third kappa shape index (κ3) is 7.36. The molecule has 0 aromatic carbocycles. The van der Waals surface area contributed by atoms with Gasteiger partial charge in [-0.25, -0.2) is 4.79 Å². The van der Waals surface area contributed by atoms with E-state index in [9.17, 15) is 19.8 Å². The molecule has 158 valence electrons. The minimum Gasteiger partial charge on any atom is -0.477 e. The fourth-order valence-corrected chi connectivity index (χ4v) is 3.62. The van der Waals surface area contributed by atoms with Crippen LogP contribution < -0.4 is 0 Å². The van der Waals surface area contributed by atoms with Crippen molar-refractivity contribution >= 4 is 11.8 Å². The van der Waals surface area contributed by atoms with E-state index in [4.69, 9.17) is 5.11 Å². The predicted octanol–water partition coefficient (Wildman–Crippen LogP) is 4.26. The lowest BCUT2D eigenvalue weighted by atomic mass is 9.90. The van der Waals surface area contributed by atoms with Crippen molar-refractivity contribution < 1.29 is 24.9 Å². The minimum absolute atomic E-state index is 0.0480. The number of unbranched alkanes of at least 4 members (excludes halogenated alkanes) is 1. The molecule has 5 nitrogen and oxygen atoms in total. The van der Waals surface area contributed by atoms with Crippen molar-refractivity contribution in [3.05, 3.63) is 37.0 Å². The molecule has 4 atom stereocenters. The number of carboxylic acid groups (broad SMARTS) is 1. The first-order valence-corrected chi connectivity index (χ1v) is 10.4. The van der Waals surface area contributed by atoms with Crippen LogP contribution in [0.2, 0.25) is 0 Å². The fraction of sp³-hybridized carbons (Fsp3) is 0.652. The molecular weight excluding hydrogens is 356 g/mol. The van der Waals surface area contributed by atoms with Gasteiger partial charge in [-0.1, -0.05) is 57.1 Å². The van der Waals surface area contributed by atoms with Crippen molar-refractivity contribution in [3.63, 3.8) is 0 Å². The number of carboxylic acids is 1. The number of hydrogen-bond donors (Lipinski definition) is 3. The average Bonchev–Trinajstić information content (AvgIpc) is 3.00. The largest absolute Gasteiger partial charge is 0.477 e. The Morgan fingerprint density at radius 3 is 2.61 bits per heavy atom. The number of rotatable bonds is 13. The van der Waals surface area contributed by atoms with E-state index < -0.39 is 17.7 Å². The standard InChI is InChI=1S/C23H36O5/c1-4-6-11-18(5-2)12-9-13-19-15-16-21(24)20(19)14-8-7-10-17(3)23(27,28)22(25)26/h5,7-9,13,17-20,27-28H,2,4,6,10-12,14-16H2,1,3H3,(H,25,26)/b8-7-,13-9+/t17?,18-,19+,20-/m1/s1. The highest BCUT2D eigenvalue weighted by Crippen LogP contribution is 2.33. The molecule has 1 aliphatic carbocycles. The second-order valence-electron chi connectivity index (χ2n) is 7.95. The molecule has 0 aromatic heterocycles. The smallest absolute Gasteiger partial charge is 0.364 e. The first-order chi connectivity index (χ1) is 13.2. The lowest BCUT2D eigenvalue weighted by Gasteiger charge is -2.22. The Morgan fingerprint density at radius 2 is 2.00 bits per heavy atom. The van der Waals surface area contributed by atoms with E-state index in [0.29, 0.717) is 18.8 Å². The molecule has 1 aliphatic rings. The van der Waals surface area contributed by atoms with E-state index in [-0.39, 0.29) is 24.0 Å². The summed E-state index contributed by atoms with van der Waals surface area (Å²) in [5.74, 6) is -4.29. The maximum absolute atomic E-state index is 12.2. The summed E-state index contributed by atoms with van der Waals surface area (Å²) >= 11 is 0. The number of aliphatic carboxylic acids is 1. The van der Waals surface area contributed by atoms with Gasteiger partial charge >= 0.3 is 5.97 Å². The fourth-order valence-electron chi connectivity index (χ4n) is 3.62. The number of carbonyl (C=O) groups is 2. The van der Waals surface area contributed by atoms with Crippen LogP contribution in [0.1, 0.15) is 65.2 Å². The number of aliphatic hydroxyl groups is 2. The van der Waals surface area contributed by atoms with Crippen molar-refractivity contribution in [2.45, 2.75) is 71.0 Å². The molecule has 1 rings (SSSR count). The van der Waals surface area contributed by atoms with Crippen LogP contribution in [0.4, 0.5) is 0 Å². The molecule has 5 heteroatoms. The lowest BCUT2D eigenvalue weighted by molar-refractivity contribution is -0.219. The summed E-state index contributed by atoms with van der Waals surface area (Å²) in [6, 6.07) is 0. The highest BCUT2D eigenvalue weighted by molar-refractivity contribution is 5.83. The topological polar surface area (TPSA) is 94.8 Å². The molecule has 0 spiro atoms. The van der Waals surface area contributed by atoms with Crippen LogP contribution >= 0.6 is 0 Å². The van der Waals surface area contributed by atoms with Gasteiger partial charge in [0.15, 0.2) is 0 Å². The molecule has 0 radical (unpaired) electrons. The Bertz CT molecular complexity index is 576. The van der Waals surface area contributed by atoms with Crippen LogP contribution in [-0.2, 0) is 9.59 Å². The Labute approximate surface area is 168 Å². The van der Waals surface area contributed by atoms with Crippen LogP contribution in [0, 0.1) is 23.7 Å². The molecule has 0 saturated heterocycles. The van der Waals surface area contributed by atoms with E-state index in [1.165, 1.54) is 19.8 Å². The Balaban J connectivity index is 2.54. The molecular formula is C23H36O5. The van der Waals surface area contributed by atoms with E-state index in [2.05, 4.69) is 25.7 Å². The maximum Gasteiger partial charge on any atom is 0.364 e. The van der Waals surface area contributed by atoms with E-state index in [1.54, 1.807) is 6.08 Å².